The third-order valence-electron chi connectivity index (χ3n) is 3.39. The monoisotopic (exact) mass is 301 g/mol. The number of hydrogen-bond donors (Lipinski definition) is 1. The minimum absolute atomic E-state index is 0.141. The molecule has 0 aliphatic carbocycles. The first-order chi connectivity index (χ1) is 9.84. The standard InChI is InChI=1S/C14H14F3NO3/c1-2-21-13(20)11-10(7-18-12(11)19)8-3-5-9(6-4-8)14(15,16)17/h3-6,10-11H,2,7H2,1H3,(H,18,19)/t10-,11-/m1/s1. The quantitative estimate of drug-likeness (QED) is 0.687. The molecule has 1 amide bonds. The molecule has 1 N–H and O–H groups in total. The van der Waals surface area contributed by atoms with E-state index >= 15 is 0 Å². The molecule has 1 heterocycles. The van der Waals surface area contributed by atoms with Crippen LogP contribution < -0.4 is 5.32 Å². The summed E-state index contributed by atoms with van der Waals surface area (Å²) in [4.78, 5) is 23.5. The van der Waals surface area contributed by atoms with Crippen LogP contribution in [0.5, 0.6) is 0 Å². The average Bonchev–Trinajstić information content (AvgIpc) is 2.80. The Morgan fingerprint density at radius 2 is 1.95 bits per heavy atom. The second-order valence-corrected chi connectivity index (χ2v) is 4.70. The van der Waals surface area contributed by atoms with Crippen molar-refractivity contribution < 1.29 is 27.5 Å². The number of amides is 1. The highest BCUT2D eigenvalue weighted by Crippen LogP contribution is 2.33. The lowest BCUT2D eigenvalue weighted by molar-refractivity contribution is -0.151. The molecule has 1 aliphatic heterocycles. The van der Waals surface area contributed by atoms with Crippen LogP contribution in [0.2, 0.25) is 0 Å². The van der Waals surface area contributed by atoms with Crippen molar-refractivity contribution in [2.45, 2.75) is 19.0 Å². The number of carbonyl (C=O) groups is 2. The summed E-state index contributed by atoms with van der Waals surface area (Å²) in [7, 11) is 0. The fraction of sp³-hybridized carbons (Fsp3) is 0.429. The van der Waals surface area contributed by atoms with E-state index in [4.69, 9.17) is 4.74 Å². The van der Waals surface area contributed by atoms with Crippen LogP contribution in [0.4, 0.5) is 13.2 Å². The zero-order chi connectivity index (χ0) is 15.6. The first-order valence-electron chi connectivity index (χ1n) is 6.46. The molecule has 1 fully saturated rings. The average molecular weight is 301 g/mol. The van der Waals surface area contributed by atoms with Gasteiger partial charge in [0.25, 0.3) is 0 Å². The molecule has 1 aliphatic rings. The first kappa shape index (κ1) is 15.3. The Morgan fingerprint density at radius 3 is 2.48 bits per heavy atom. The van der Waals surface area contributed by atoms with E-state index < -0.39 is 35.5 Å². The van der Waals surface area contributed by atoms with Crippen molar-refractivity contribution in [3.63, 3.8) is 0 Å². The lowest BCUT2D eigenvalue weighted by Crippen LogP contribution is -2.29. The summed E-state index contributed by atoms with van der Waals surface area (Å²) in [6.07, 6.45) is -4.41. The van der Waals surface area contributed by atoms with Crippen molar-refractivity contribution >= 4 is 11.9 Å². The molecular weight excluding hydrogens is 287 g/mol. The molecule has 0 radical (unpaired) electrons. The predicted octanol–water partition coefficient (Wildman–Crippen LogP) is 2.10. The van der Waals surface area contributed by atoms with Crippen LogP contribution in [-0.2, 0) is 20.5 Å². The van der Waals surface area contributed by atoms with Gasteiger partial charge >= 0.3 is 12.1 Å². The normalized spacial score (nSPS) is 22.0. The summed E-state index contributed by atoms with van der Waals surface area (Å²) in [5.74, 6) is -2.64. The molecule has 21 heavy (non-hydrogen) atoms. The molecule has 0 unspecified atom stereocenters. The topological polar surface area (TPSA) is 55.4 Å². The van der Waals surface area contributed by atoms with Gasteiger partial charge in [0, 0.05) is 12.5 Å². The zero-order valence-corrected chi connectivity index (χ0v) is 11.2. The van der Waals surface area contributed by atoms with Crippen LogP contribution in [0.15, 0.2) is 24.3 Å². The molecular formula is C14H14F3NO3. The summed E-state index contributed by atoms with van der Waals surface area (Å²) in [6.45, 7) is 1.97. The van der Waals surface area contributed by atoms with Crippen molar-refractivity contribution in [1.82, 2.24) is 5.32 Å². The number of halogens is 3. The Labute approximate surface area is 119 Å². The van der Waals surface area contributed by atoms with Crippen molar-refractivity contribution in [1.29, 1.82) is 0 Å². The largest absolute Gasteiger partial charge is 0.465 e. The van der Waals surface area contributed by atoms with Gasteiger partial charge in [-0.25, -0.2) is 0 Å². The number of esters is 1. The van der Waals surface area contributed by atoms with Gasteiger partial charge in [0.2, 0.25) is 5.91 Å². The summed E-state index contributed by atoms with van der Waals surface area (Å²) in [6, 6.07) is 4.47. The maximum atomic E-state index is 12.5. The molecule has 7 heteroatoms. The number of alkyl halides is 3. The minimum Gasteiger partial charge on any atom is -0.465 e. The molecule has 114 valence electrons. The van der Waals surface area contributed by atoms with E-state index in [0.29, 0.717) is 5.56 Å². The Kier molecular flexibility index (Phi) is 4.20. The van der Waals surface area contributed by atoms with E-state index in [9.17, 15) is 22.8 Å². The van der Waals surface area contributed by atoms with Gasteiger partial charge in [-0.05, 0) is 24.6 Å². The lowest BCUT2D eigenvalue weighted by Gasteiger charge is -2.16. The van der Waals surface area contributed by atoms with Crippen molar-refractivity contribution in [3.05, 3.63) is 35.4 Å². The second-order valence-electron chi connectivity index (χ2n) is 4.70. The fourth-order valence-electron chi connectivity index (χ4n) is 2.35. The van der Waals surface area contributed by atoms with Gasteiger partial charge in [0.05, 0.1) is 12.2 Å². The summed E-state index contributed by atoms with van der Waals surface area (Å²) in [5.41, 5.74) is -0.268. The molecule has 1 aromatic rings. The predicted molar refractivity (Wildman–Crippen MR) is 67.3 cm³/mol. The molecule has 0 saturated carbocycles. The highest BCUT2D eigenvalue weighted by molar-refractivity contribution is 6.00. The summed E-state index contributed by atoms with van der Waals surface area (Å²) in [5, 5.41) is 2.54. The molecule has 0 aromatic heterocycles. The molecule has 2 rings (SSSR count). The van der Waals surface area contributed by atoms with Crippen LogP contribution in [0.1, 0.15) is 24.0 Å². The van der Waals surface area contributed by atoms with E-state index in [-0.39, 0.29) is 13.2 Å². The van der Waals surface area contributed by atoms with Gasteiger partial charge in [-0.3, -0.25) is 9.59 Å². The summed E-state index contributed by atoms with van der Waals surface area (Å²) < 4.78 is 42.4. The zero-order valence-electron chi connectivity index (χ0n) is 11.2. The molecule has 2 atom stereocenters. The van der Waals surface area contributed by atoms with Gasteiger partial charge in [-0.1, -0.05) is 12.1 Å². The van der Waals surface area contributed by atoms with Gasteiger partial charge in [-0.2, -0.15) is 13.2 Å². The number of hydrogen-bond acceptors (Lipinski definition) is 3. The Hall–Kier alpha value is -2.05. The van der Waals surface area contributed by atoms with E-state index in [1.807, 2.05) is 0 Å². The van der Waals surface area contributed by atoms with Gasteiger partial charge in [0.1, 0.15) is 5.92 Å². The molecule has 4 nitrogen and oxygen atoms in total. The van der Waals surface area contributed by atoms with E-state index in [1.165, 1.54) is 12.1 Å². The molecule has 1 saturated heterocycles. The van der Waals surface area contributed by atoms with Crippen molar-refractivity contribution in [2.24, 2.45) is 5.92 Å². The van der Waals surface area contributed by atoms with Crippen LogP contribution in [-0.4, -0.2) is 25.0 Å². The van der Waals surface area contributed by atoms with E-state index in [1.54, 1.807) is 6.92 Å². The van der Waals surface area contributed by atoms with Crippen LogP contribution >= 0.6 is 0 Å². The van der Waals surface area contributed by atoms with Crippen LogP contribution in [0, 0.1) is 5.92 Å². The number of ether oxygens (including phenoxy) is 1. The van der Waals surface area contributed by atoms with Crippen LogP contribution in [0.3, 0.4) is 0 Å². The van der Waals surface area contributed by atoms with Gasteiger partial charge in [-0.15, -0.1) is 0 Å². The van der Waals surface area contributed by atoms with Gasteiger partial charge < -0.3 is 10.1 Å². The molecule has 0 spiro atoms. The minimum atomic E-state index is -4.41. The highest BCUT2D eigenvalue weighted by Gasteiger charge is 2.42. The first-order valence-corrected chi connectivity index (χ1v) is 6.46. The number of carbonyl (C=O) groups excluding carboxylic acids is 2. The van der Waals surface area contributed by atoms with Crippen molar-refractivity contribution in [3.8, 4) is 0 Å². The maximum Gasteiger partial charge on any atom is 0.416 e. The number of rotatable bonds is 3. The number of nitrogens with one attached hydrogen (secondary N) is 1. The lowest BCUT2D eigenvalue weighted by atomic mass is 9.88. The van der Waals surface area contributed by atoms with Crippen LogP contribution in [0.25, 0.3) is 0 Å². The maximum absolute atomic E-state index is 12.5. The third-order valence-corrected chi connectivity index (χ3v) is 3.39. The van der Waals surface area contributed by atoms with E-state index in [0.717, 1.165) is 12.1 Å². The second kappa shape index (κ2) is 5.75. The fourth-order valence-corrected chi connectivity index (χ4v) is 2.35. The van der Waals surface area contributed by atoms with E-state index in [2.05, 4.69) is 5.32 Å². The molecule has 1 aromatic carbocycles. The SMILES string of the molecule is CCOC(=O)[C@H]1C(=O)NC[C@@H]1c1ccc(C(F)(F)F)cc1. The number of benzene rings is 1. The third kappa shape index (κ3) is 3.17. The molecule has 0 bridgehead atoms. The Balaban J connectivity index is 2.24. The van der Waals surface area contributed by atoms with Gasteiger partial charge in [0.15, 0.2) is 0 Å². The Bertz CT molecular complexity index is 539. The smallest absolute Gasteiger partial charge is 0.416 e. The highest BCUT2D eigenvalue weighted by atomic mass is 19.4. The summed E-state index contributed by atoms with van der Waals surface area (Å²) >= 11 is 0. The van der Waals surface area contributed by atoms with Crippen molar-refractivity contribution in [2.75, 3.05) is 13.2 Å². The Morgan fingerprint density at radius 1 is 1.33 bits per heavy atom.